The van der Waals surface area contributed by atoms with Crippen LogP contribution in [0.15, 0.2) is 97.1 Å². The summed E-state index contributed by atoms with van der Waals surface area (Å²) in [6.45, 7) is 0. The van der Waals surface area contributed by atoms with E-state index in [4.69, 9.17) is 4.98 Å². The molecule has 1 aliphatic rings. The number of benzene rings is 4. The molecule has 27 heavy (non-hydrogen) atoms. The molecule has 0 spiro atoms. The lowest BCUT2D eigenvalue weighted by atomic mass is 9.89. The van der Waals surface area contributed by atoms with Crippen molar-refractivity contribution in [1.82, 2.24) is 9.55 Å². The van der Waals surface area contributed by atoms with Crippen LogP contribution in [0.1, 0.15) is 0 Å². The van der Waals surface area contributed by atoms with Crippen molar-refractivity contribution in [3.63, 3.8) is 0 Å². The van der Waals surface area contributed by atoms with E-state index in [-0.39, 0.29) is 0 Å². The fraction of sp³-hybridized carbons (Fsp3) is 0. The summed E-state index contributed by atoms with van der Waals surface area (Å²) in [6.07, 6.45) is 0. The summed E-state index contributed by atoms with van der Waals surface area (Å²) in [5, 5.41) is 0. The first kappa shape index (κ1) is 14.5. The fourth-order valence-electron chi connectivity index (χ4n) is 4.21. The number of hydrogen-bond donors (Lipinski definition) is 0. The number of aromatic nitrogens is 2. The second-order valence-corrected chi connectivity index (χ2v) is 6.87. The molecule has 2 heteroatoms. The molecular formula is C25H16N2. The lowest BCUT2D eigenvalue weighted by Gasteiger charge is -2.22. The highest BCUT2D eigenvalue weighted by Gasteiger charge is 2.23. The van der Waals surface area contributed by atoms with Crippen molar-refractivity contribution >= 4 is 11.0 Å². The molecule has 0 N–H and O–H groups in total. The molecule has 0 saturated heterocycles. The van der Waals surface area contributed by atoms with Gasteiger partial charge in [-0.1, -0.05) is 78.9 Å². The number of nitrogens with zero attached hydrogens (tertiary/aromatic N) is 2. The van der Waals surface area contributed by atoms with Gasteiger partial charge in [-0.25, -0.2) is 4.98 Å². The van der Waals surface area contributed by atoms with Crippen molar-refractivity contribution in [2.75, 3.05) is 0 Å². The first-order valence-corrected chi connectivity index (χ1v) is 9.18. The van der Waals surface area contributed by atoms with Gasteiger partial charge in [0.25, 0.3) is 0 Å². The molecule has 0 radical (unpaired) electrons. The zero-order chi connectivity index (χ0) is 17.8. The van der Waals surface area contributed by atoms with Crippen LogP contribution in [0.5, 0.6) is 0 Å². The van der Waals surface area contributed by atoms with Crippen molar-refractivity contribution in [1.29, 1.82) is 0 Å². The Balaban J connectivity index is 1.88. The maximum absolute atomic E-state index is 5.03. The number of para-hydroxylation sites is 3. The molecule has 0 saturated carbocycles. The Morgan fingerprint density at radius 2 is 1.00 bits per heavy atom. The Kier molecular flexibility index (Phi) is 2.91. The Labute approximate surface area is 157 Å². The van der Waals surface area contributed by atoms with Crippen LogP contribution in [-0.4, -0.2) is 9.55 Å². The zero-order valence-electron chi connectivity index (χ0n) is 14.6. The summed E-state index contributed by atoms with van der Waals surface area (Å²) < 4.78 is 2.30. The van der Waals surface area contributed by atoms with E-state index in [2.05, 4.69) is 102 Å². The highest BCUT2D eigenvalue weighted by molar-refractivity contribution is 5.97. The molecule has 0 aliphatic carbocycles. The van der Waals surface area contributed by atoms with Gasteiger partial charge in [0.15, 0.2) is 0 Å². The first-order valence-electron chi connectivity index (χ1n) is 9.18. The standard InChI is InChI=1S/C25H16N2/c1-2-10-18-17(9-1)19-11-3-4-13-21(19)25-26-22-14-6-8-16-24(22)27(25)23-15-7-5-12-20(18)23/h1-16H. The lowest BCUT2D eigenvalue weighted by Crippen LogP contribution is -2.04. The quantitative estimate of drug-likeness (QED) is 0.314. The van der Waals surface area contributed by atoms with Crippen LogP contribution in [0.4, 0.5) is 0 Å². The molecule has 0 fully saturated rings. The molecule has 0 bridgehead atoms. The Hall–Kier alpha value is -3.65. The van der Waals surface area contributed by atoms with Gasteiger partial charge in [0, 0.05) is 11.1 Å². The maximum atomic E-state index is 5.03. The summed E-state index contributed by atoms with van der Waals surface area (Å²) in [5.74, 6) is 0.994. The average Bonchev–Trinajstić information content (AvgIpc) is 3.12. The van der Waals surface area contributed by atoms with E-state index < -0.39 is 0 Å². The first-order chi connectivity index (χ1) is 13.4. The van der Waals surface area contributed by atoms with Gasteiger partial charge in [-0.3, -0.25) is 4.57 Å². The molecule has 5 aromatic rings. The third-order valence-corrected chi connectivity index (χ3v) is 5.38. The molecule has 2 heterocycles. The SMILES string of the molecule is c1ccc2c(c1)-c1ccccc1-c1nc3ccccc3n1-c1ccccc1-2. The van der Waals surface area contributed by atoms with Crippen LogP contribution in [0, 0.1) is 0 Å². The van der Waals surface area contributed by atoms with Crippen molar-refractivity contribution < 1.29 is 0 Å². The van der Waals surface area contributed by atoms with Crippen LogP contribution in [-0.2, 0) is 0 Å². The zero-order valence-corrected chi connectivity index (χ0v) is 14.6. The Morgan fingerprint density at radius 3 is 1.78 bits per heavy atom. The predicted molar refractivity (Wildman–Crippen MR) is 111 cm³/mol. The minimum atomic E-state index is 0.994. The van der Waals surface area contributed by atoms with Gasteiger partial charge in [0.05, 0.1) is 16.7 Å². The molecule has 0 atom stereocenters. The van der Waals surface area contributed by atoms with Gasteiger partial charge >= 0.3 is 0 Å². The normalized spacial score (nSPS) is 11.7. The topological polar surface area (TPSA) is 17.8 Å². The van der Waals surface area contributed by atoms with Gasteiger partial charge in [0.1, 0.15) is 5.82 Å². The van der Waals surface area contributed by atoms with Crippen molar-refractivity contribution in [2.24, 2.45) is 0 Å². The molecule has 6 rings (SSSR count). The Bertz CT molecular complexity index is 1330. The summed E-state index contributed by atoms with van der Waals surface area (Å²) >= 11 is 0. The van der Waals surface area contributed by atoms with E-state index in [1.807, 2.05) is 0 Å². The van der Waals surface area contributed by atoms with Crippen LogP contribution < -0.4 is 0 Å². The average molecular weight is 344 g/mol. The van der Waals surface area contributed by atoms with E-state index in [0.29, 0.717) is 0 Å². The third kappa shape index (κ3) is 1.98. The van der Waals surface area contributed by atoms with E-state index in [9.17, 15) is 0 Å². The van der Waals surface area contributed by atoms with Crippen LogP contribution in [0.25, 0.3) is 50.4 Å². The molecule has 4 aromatic carbocycles. The lowest BCUT2D eigenvalue weighted by molar-refractivity contribution is 1.10. The third-order valence-electron chi connectivity index (χ3n) is 5.38. The van der Waals surface area contributed by atoms with Crippen molar-refractivity contribution in [2.45, 2.75) is 0 Å². The van der Waals surface area contributed by atoms with Gasteiger partial charge in [-0.15, -0.1) is 0 Å². The van der Waals surface area contributed by atoms with E-state index >= 15 is 0 Å². The molecule has 126 valence electrons. The van der Waals surface area contributed by atoms with Gasteiger partial charge in [-0.2, -0.15) is 0 Å². The van der Waals surface area contributed by atoms with Crippen LogP contribution in [0.3, 0.4) is 0 Å². The number of imidazole rings is 1. The molecular weight excluding hydrogens is 328 g/mol. The largest absolute Gasteiger partial charge is 0.292 e. The molecule has 1 aliphatic heterocycles. The second kappa shape index (κ2) is 5.42. The summed E-state index contributed by atoms with van der Waals surface area (Å²) in [7, 11) is 0. The summed E-state index contributed by atoms with van der Waals surface area (Å²) in [5.41, 5.74) is 9.44. The van der Waals surface area contributed by atoms with Crippen molar-refractivity contribution in [3.05, 3.63) is 97.1 Å². The molecule has 2 nitrogen and oxygen atoms in total. The highest BCUT2D eigenvalue weighted by atomic mass is 15.1. The fourth-order valence-corrected chi connectivity index (χ4v) is 4.21. The highest BCUT2D eigenvalue weighted by Crippen LogP contribution is 2.44. The summed E-state index contributed by atoms with van der Waals surface area (Å²) in [6, 6.07) is 34.2. The van der Waals surface area contributed by atoms with Crippen molar-refractivity contribution in [3.8, 4) is 39.3 Å². The number of fused-ring (bicyclic) bond motifs is 10. The van der Waals surface area contributed by atoms with E-state index in [0.717, 1.165) is 22.4 Å². The Morgan fingerprint density at radius 1 is 0.481 bits per heavy atom. The van der Waals surface area contributed by atoms with Gasteiger partial charge in [0.2, 0.25) is 0 Å². The molecule has 0 amide bonds. The molecule has 1 aromatic heterocycles. The minimum Gasteiger partial charge on any atom is -0.292 e. The number of rotatable bonds is 0. The summed E-state index contributed by atoms with van der Waals surface area (Å²) in [4.78, 5) is 5.03. The minimum absolute atomic E-state index is 0.994. The monoisotopic (exact) mass is 344 g/mol. The predicted octanol–water partition coefficient (Wildman–Crippen LogP) is 6.34. The van der Waals surface area contributed by atoms with Gasteiger partial charge < -0.3 is 0 Å². The van der Waals surface area contributed by atoms with Crippen LogP contribution in [0.2, 0.25) is 0 Å². The van der Waals surface area contributed by atoms with Gasteiger partial charge in [-0.05, 0) is 34.9 Å². The number of hydrogen-bond acceptors (Lipinski definition) is 1. The second-order valence-electron chi connectivity index (χ2n) is 6.87. The molecule has 0 unspecified atom stereocenters. The van der Waals surface area contributed by atoms with Crippen LogP contribution >= 0.6 is 0 Å². The van der Waals surface area contributed by atoms with E-state index in [1.54, 1.807) is 0 Å². The smallest absolute Gasteiger partial charge is 0.146 e. The maximum Gasteiger partial charge on any atom is 0.146 e. The van der Waals surface area contributed by atoms with E-state index in [1.165, 1.54) is 27.9 Å².